The predicted octanol–water partition coefficient (Wildman–Crippen LogP) is 4.13. The fraction of sp³-hybridized carbons (Fsp3) is 0.364. The van der Waals surface area contributed by atoms with Gasteiger partial charge in [-0.3, -0.25) is 9.59 Å². The van der Waals surface area contributed by atoms with Crippen molar-refractivity contribution in [1.29, 1.82) is 0 Å². The lowest BCUT2D eigenvalue weighted by Gasteiger charge is -2.23. The van der Waals surface area contributed by atoms with E-state index < -0.39 is 23.6 Å². The van der Waals surface area contributed by atoms with Gasteiger partial charge >= 0.3 is 0 Å². The van der Waals surface area contributed by atoms with E-state index in [4.69, 9.17) is 4.74 Å². The van der Waals surface area contributed by atoms with Crippen LogP contribution in [0.15, 0.2) is 36.4 Å². The van der Waals surface area contributed by atoms with Crippen LogP contribution in [0.5, 0.6) is 5.75 Å². The van der Waals surface area contributed by atoms with Gasteiger partial charge in [0, 0.05) is 30.4 Å². The second-order valence-electron chi connectivity index (χ2n) is 7.58. The van der Waals surface area contributed by atoms with E-state index in [-0.39, 0.29) is 11.5 Å². The van der Waals surface area contributed by atoms with E-state index in [1.807, 2.05) is 11.8 Å². The third kappa shape index (κ3) is 4.23. The summed E-state index contributed by atoms with van der Waals surface area (Å²) in [5, 5.41) is 2.63. The molecule has 0 bridgehead atoms. The van der Waals surface area contributed by atoms with Crippen molar-refractivity contribution >= 4 is 17.5 Å². The molecule has 152 valence electrons. The average molecular weight is 400 g/mol. The number of benzene rings is 2. The first kappa shape index (κ1) is 19.4. The molecule has 1 saturated carbocycles. The lowest BCUT2D eigenvalue weighted by atomic mass is 10.1. The molecule has 1 aliphatic heterocycles. The molecule has 7 heteroatoms. The van der Waals surface area contributed by atoms with Crippen LogP contribution in [0.4, 0.5) is 14.5 Å². The van der Waals surface area contributed by atoms with Gasteiger partial charge in [-0.2, -0.15) is 0 Å². The van der Waals surface area contributed by atoms with Gasteiger partial charge in [0.2, 0.25) is 0 Å². The number of carbonyl (C=O) groups is 2. The minimum Gasteiger partial charge on any atom is -0.480 e. The predicted molar refractivity (Wildman–Crippen MR) is 104 cm³/mol. The Morgan fingerprint density at radius 3 is 2.69 bits per heavy atom. The number of nitrogens with one attached hydrogen (secondary N) is 1. The van der Waals surface area contributed by atoms with Crippen LogP contribution < -0.4 is 10.1 Å². The molecule has 1 unspecified atom stereocenters. The maximum Gasteiger partial charge on any atom is 0.263 e. The number of carbonyl (C=O) groups excluding carboxylic acids is 2. The molecule has 0 saturated heterocycles. The molecule has 0 spiro atoms. The van der Waals surface area contributed by atoms with Gasteiger partial charge in [0.05, 0.1) is 5.56 Å². The summed E-state index contributed by atoms with van der Waals surface area (Å²) in [4.78, 5) is 27.0. The molecular weight excluding hydrogens is 378 g/mol. The highest BCUT2D eigenvalue weighted by molar-refractivity contribution is 6.04. The molecule has 2 aromatic carbocycles. The molecule has 1 fully saturated rings. The molecule has 2 aliphatic rings. The molecule has 0 radical (unpaired) electrons. The molecule has 5 nitrogen and oxygen atoms in total. The lowest BCUT2D eigenvalue weighted by molar-refractivity contribution is -0.138. The standard InChI is InChI=1S/C22H22F2N2O3/c1-2-19-22(28)26(11-13-3-4-13)12-14-9-16(6-8-20(14)29-19)25-21(27)17-7-5-15(23)10-18(17)24/h5-10,13,19H,2-4,11-12H2,1H3,(H,25,27). The number of hydrogen-bond donors (Lipinski definition) is 1. The van der Waals surface area contributed by atoms with Gasteiger partial charge in [-0.05, 0) is 55.5 Å². The zero-order valence-corrected chi connectivity index (χ0v) is 16.1. The first-order chi connectivity index (χ1) is 13.9. The molecule has 1 aliphatic carbocycles. The van der Waals surface area contributed by atoms with Gasteiger partial charge in [0.15, 0.2) is 6.10 Å². The van der Waals surface area contributed by atoms with Crippen LogP contribution in [-0.2, 0) is 11.3 Å². The minimum absolute atomic E-state index is 0.0189. The first-order valence-electron chi connectivity index (χ1n) is 9.79. The Balaban J connectivity index is 1.57. The van der Waals surface area contributed by atoms with Crippen LogP contribution in [0.2, 0.25) is 0 Å². The highest BCUT2D eigenvalue weighted by Gasteiger charge is 2.33. The van der Waals surface area contributed by atoms with Crippen molar-refractivity contribution in [2.24, 2.45) is 5.92 Å². The lowest BCUT2D eigenvalue weighted by Crippen LogP contribution is -2.40. The normalized spacial score (nSPS) is 18.7. The first-order valence-corrected chi connectivity index (χ1v) is 9.79. The van der Waals surface area contributed by atoms with E-state index in [0.717, 1.165) is 30.5 Å². The van der Waals surface area contributed by atoms with Crippen molar-refractivity contribution in [3.8, 4) is 5.75 Å². The number of rotatable bonds is 5. The fourth-order valence-electron chi connectivity index (χ4n) is 3.48. The molecule has 1 heterocycles. The number of amides is 2. The Kier molecular flexibility index (Phi) is 5.22. The molecule has 2 aromatic rings. The monoisotopic (exact) mass is 400 g/mol. The maximum atomic E-state index is 13.9. The number of halogens is 2. The highest BCUT2D eigenvalue weighted by atomic mass is 19.1. The average Bonchev–Trinajstić information content (AvgIpc) is 3.51. The molecule has 2 amide bonds. The number of ether oxygens (including phenoxy) is 1. The Labute approximate surface area is 167 Å². The molecule has 4 rings (SSSR count). The third-order valence-electron chi connectivity index (χ3n) is 5.26. The summed E-state index contributed by atoms with van der Waals surface area (Å²) >= 11 is 0. The SMILES string of the molecule is CCC1Oc2ccc(NC(=O)c3ccc(F)cc3F)cc2CN(CC2CC2)C1=O. The fourth-order valence-corrected chi connectivity index (χ4v) is 3.48. The van der Waals surface area contributed by atoms with Gasteiger partial charge in [0.25, 0.3) is 11.8 Å². The van der Waals surface area contributed by atoms with E-state index >= 15 is 0 Å². The van der Waals surface area contributed by atoms with E-state index in [0.29, 0.717) is 42.9 Å². The van der Waals surface area contributed by atoms with Crippen LogP contribution in [0.1, 0.15) is 42.1 Å². The molecule has 1 N–H and O–H groups in total. The molecule has 29 heavy (non-hydrogen) atoms. The van der Waals surface area contributed by atoms with Crippen LogP contribution in [0.25, 0.3) is 0 Å². The van der Waals surface area contributed by atoms with Crippen molar-refractivity contribution in [2.45, 2.75) is 38.8 Å². The van der Waals surface area contributed by atoms with Gasteiger partial charge in [-0.1, -0.05) is 6.92 Å². The number of fused-ring (bicyclic) bond motifs is 1. The summed E-state index contributed by atoms with van der Waals surface area (Å²) in [6.45, 7) is 3.01. The van der Waals surface area contributed by atoms with Crippen molar-refractivity contribution in [2.75, 3.05) is 11.9 Å². The van der Waals surface area contributed by atoms with E-state index in [1.54, 1.807) is 18.2 Å². The summed E-state index contributed by atoms with van der Waals surface area (Å²) in [5.41, 5.74) is 0.997. The Morgan fingerprint density at radius 1 is 1.21 bits per heavy atom. The van der Waals surface area contributed by atoms with E-state index in [9.17, 15) is 18.4 Å². The molecular formula is C22H22F2N2O3. The summed E-state index contributed by atoms with van der Waals surface area (Å²) in [5.74, 6) is -1.21. The van der Waals surface area contributed by atoms with Crippen LogP contribution in [0, 0.1) is 17.6 Å². The largest absolute Gasteiger partial charge is 0.480 e. The highest BCUT2D eigenvalue weighted by Crippen LogP contribution is 2.34. The van der Waals surface area contributed by atoms with Crippen LogP contribution in [0.3, 0.4) is 0 Å². The minimum atomic E-state index is -0.924. The Bertz CT molecular complexity index is 959. The van der Waals surface area contributed by atoms with Crippen LogP contribution >= 0.6 is 0 Å². The number of anilines is 1. The topological polar surface area (TPSA) is 58.6 Å². The summed E-state index contributed by atoms with van der Waals surface area (Å²) in [6, 6.07) is 7.91. The van der Waals surface area contributed by atoms with Crippen molar-refractivity contribution < 1.29 is 23.1 Å². The number of hydrogen-bond acceptors (Lipinski definition) is 3. The smallest absolute Gasteiger partial charge is 0.263 e. The third-order valence-corrected chi connectivity index (χ3v) is 5.26. The van der Waals surface area contributed by atoms with E-state index in [1.165, 1.54) is 0 Å². The van der Waals surface area contributed by atoms with Gasteiger partial charge < -0.3 is 15.0 Å². The van der Waals surface area contributed by atoms with E-state index in [2.05, 4.69) is 5.32 Å². The summed E-state index contributed by atoms with van der Waals surface area (Å²) < 4.78 is 32.9. The molecule has 1 atom stereocenters. The van der Waals surface area contributed by atoms with Gasteiger partial charge in [-0.15, -0.1) is 0 Å². The van der Waals surface area contributed by atoms with Crippen LogP contribution in [-0.4, -0.2) is 29.4 Å². The van der Waals surface area contributed by atoms with Gasteiger partial charge in [-0.25, -0.2) is 8.78 Å². The molecule has 0 aromatic heterocycles. The Hall–Kier alpha value is -2.96. The zero-order valence-electron chi connectivity index (χ0n) is 16.1. The maximum absolute atomic E-state index is 13.9. The van der Waals surface area contributed by atoms with Crippen molar-refractivity contribution in [3.05, 3.63) is 59.2 Å². The second kappa shape index (κ2) is 7.81. The Morgan fingerprint density at radius 2 is 2.00 bits per heavy atom. The summed E-state index contributed by atoms with van der Waals surface area (Å²) in [6.07, 6.45) is 2.31. The van der Waals surface area contributed by atoms with Gasteiger partial charge in [0.1, 0.15) is 17.4 Å². The second-order valence-corrected chi connectivity index (χ2v) is 7.58. The quantitative estimate of drug-likeness (QED) is 0.821. The van der Waals surface area contributed by atoms with Crippen molar-refractivity contribution in [1.82, 2.24) is 4.90 Å². The number of nitrogens with zero attached hydrogens (tertiary/aromatic N) is 1. The zero-order chi connectivity index (χ0) is 20.5. The summed E-state index contributed by atoms with van der Waals surface area (Å²) in [7, 11) is 0. The van der Waals surface area contributed by atoms with Crippen molar-refractivity contribution in [3.63, 3.8) is 0 Å².